The summed E-state index contributed by atoms with van der Waals surface area (Å²) in [6.07, 6.45) is -3.67. The minimum atomic E-state index is -4.82. The molecule has 2 aromatic carbocycles. The third-order valence-corrected chi connectivity index (χ3v) is 5.59. The van der Waals surface area contributed by atoms with Crippen molar-refractivity contribution in [3.63, 3.8) is 0 Å². The van der Waals surface area contributed by atoms with Crippen LogP contribution in [0.15, 0.2) is 41.3 Å². The zero-order chi connectivity index (χ0) is 25.1. The molecule has 0 fully saturated rings. The van der Waals surface area contributed by atoms with Gasteiger partial charge in [0.1, 0.15) is 11.3 Å². The number of amides is 1. The summed E-state index contributed by atoms with van der Waals surface area (Å²) in [5.41, 5.74) is 3.32. The summed E-state index contributed by atoms with van der Waals surface area (Å²) in [6, 6.07) is 6.63. The molecule has 5 nitrogen and oxygen atoms in total. The Labute approximate surface area is 189 Å². The molecule has 8 heteroatoms. The van der Waals surface area contributed by atoms with E-state index in [2.05, 4.69) is 0 Å². The topological polar surface area (TPSA) is 85.3 Å². The summed E-state index contributed by atoms with van der Waals surface area (Å²) in [7, 11) is 0. The van der Waals surface area contributed by atoms with Crippen LogP contribution >= 0.6 is 0 Å². The maximum Gasteiger partial charge on any atom is 0.417 e. The molecule has 3 aromatic rings. The van der Waals surface area contributed by atoms with Crippen LogP contribution in [0, 0.1) is 0 Å². The zero-order valence-electron chi connectivity index (χ0n) is 19.4. The van der Waals surface area contributed by atoms with Gasteiger partial charge in [0.05, 0.1) is 22.2 Å². The van der Waals surface area contributed by atoms with Gasteiger partial charge in [-0.1, -0.05) is 47.6 Å². The highest BCUT2D eigenvalue weighted by Gasteiger charge is 2.35. The second-order valence-corrected chi connectivity index (χ2v) is 10.2. The number of hydrogen-bond donors (Lipinski definition) is 2. The average Bonchev–Trinajstić information content (AvgIpc) is 2.64. The predicted molar refractivity (Wildman–Crippen MR) is 122 cm³/mol. The van der Waals surface area contributed by atoms with Crippen LogP contribution in [0.1, 0.15) is 68.6 Å². The highest BCUT2D eigenvalue weighted by molar-refractivity contribution is 5.97. The van der Waals surface area contributed by atoms with Gasteiger partial charge < -0.3 is 15.4 Å². The van der Waals surface area contributed by atoms with Gasteiger partial charge in [-0.05, 0) is 40.2 Å². The molecule has 0 aliphatic rings. The van der Waals surface area contributed by atoms with E-state index >= 15 is 0 Å². The monoisotopic (exact) mass is 460 g/mol. The van der Waals surface area contributed by atoms with Crippen molar-refractivity contribution >= 4 is 16.8 Å². The highest BCUT2D eigenvalue weighted by atomic mass is 19.4. The molecule has 1 amide bonds. The first kappa shape index (κ1) is 24.4. The van der Waals surface area contributed by atoms with Crippen LogP contribution in [0.25, 0.3) is 16.6 Å². The van der Waals surface area contributed by atoms with E-state index in [0.29, 0.717) is 16.8 Å². The molecule has 0 aliphatic heterocycles. The van der Waals surface area contributed by atoms with Gasteiger partial charge in [0, 0.05) is 12.3 Å². The standard InChI is InChI=1S/C25H27F3N2O3/c1-23(2,3)15-10-16(24(4,5)6)19(31)11-18(15)30-12-13(22(29)33)21(32)20-14(25(26,27)28)8-7-9-17(20)30/h7-12,31H,1-6H3,(H2,29,33). The number of aromatic nitrogens is 1. The van der Waals surface area contributed by atoms with E-state index in [9.17, 15) is 27.9 Å². The Morgan fingerprint density at radius 1 is 0.939 bits per heavy atom. The van der Waals surface area contributed by atoms with Gasteiger partial charge in [0.2, 0.25) is 5.43 Å². The van der Waals surface area contributed by atoms with Crippen LogP contribution in [-0.4, -0.2) is 15.6 Å². The highest BCUT2D eigenvalue weighted by Crippen LogP contribution is 2.40. The molecule has 33 heavy (non-hydrogen) atoms. The molecule has 0 spiro atoms. The van der Waals surface area contributed by atoms with Crippen molar-refractivity contribution in [3.05, 3.63) is 69.0 Å². The van der Waals surface area contributed by atoms with Crippen molar-refractivity contribution in [1.82, 2.24) is 4.57 Å². The molecule has 0 saturated heterocycles. The SMILES string of the molecule is CC(C)(C)c1cc(C(C)(C)C)c(-n2cc(C(N)=O)c(=O)c3c(C(F)(F)F)cccc32)cc1O. The zero-order valence-corrected chi connectivity index (χ0v) is 19.4. The summed E-state index contributed by atoms with van der Waals surface area (Å²) in [6.45, 7) is 11.6. The lowest BCUT2D eigenvalue weighted by atomic mass is 9.79. The van der Waals surface area contributed by atoms with Crippen molar-refractivity contribution in [2.24, 2.45) is 5.73 Å². The second kappa shape index (κ2) is 7.64. The number of pyridine rings is 1. The first-order valence-electron chi connectivity index (χ1n) is 10.4. The maximum absolute atomic E-state index is 13.8. The maximum atomic E-state index is 13.8. The van der Waals surface area contributed by atoms with E-state index in [-0.39, 0.29) is 11.3 Å². The molecule has 0 unspecified atom stereocenters. The molecule has 1 aromatic heterocycles. The van der Waals surface area contributed by atoms with Gasteiger partial charge >= 0.3 is 6.18 Å². The van der Waals surface area contributed by atoms with Crippen molar-refractivity contribution < 1.29 is 23.1 Å². The summed E-state index contributed by atoms with van der Waals surface area (Å²) >= 11 is 0. The fraction of sp³-hybridized carbons (Fsp3) is 0.360. The van der Waals surface area contributed by atoms with Crippen LogP contribution in [0.4, 0.5) is 13.2 Å². The minimum absolute atomic E-state index is 0.0479. The third kappa shape index (κ3) is 4.34. The van der Waals surface area contributed by atoms with Gasteiger partial charge in [-0.3, -0.25) is 9.59 Å². The predicted octanol–water partition coefficient (Wildman–Crippen LogP) is 5.41. The minimum Gasteiger partial charge on any atom is -0.508 e. The molecule has 0 atom stereocenters. The summed E-state index contributed by atoms with van der Waals surface area (Å²) in [4.78, 5) is 24.9. The number of carbonyl (C=O) groups is 1. The number of nitrogens with zero attached hydrogens (tertiary/aromatic N) is 1. The molecular weight excluding hydrogens is 433 g/mol. The normalized spacial score (nSPS) is 12.9. The Bertz CT molecular complexity index is 1320. The second-order valence-electron chi connectivity index (χ2n) is 10.2. The van der Waals surface area contributed by atoms with E-state index in [0.717, 1.165) is 12.3 Å². The van der Waals surface area contributed by atoms with Gasteiger partial charge in [-0.2, -0.15) is 13.2 Å². The fourth-order valence-electron chi connectivity index (χ4n) is 3.96. The quantitative estimate of drug-likeness (QED) is 0.536. The number of phenolic OH excluding ortho intramolecular Hbond substituents is 1. The first-order valence-corrected chi connectivity index (χ1v) is 10.4. The molecule has 1 heterocycles. The van der Waals surface area contributed by atoms with E-state index in [4.69, 9.17) is 5.73 Å². The lowest BCUT2D eigenvalue weighted by Crippen LogP contribution is -2.26. The molecular formula is C25H27F3N2O3. The Balaban J connectivity index is 2.59. The molecule has 0 radical (unpaired) electrons. The molecule has 0 saturated carbocycles. The number of nitrogens with two attached hydrogens (primary N) is 1. The number of primary amides is 1. The fourth-order valence-corrected chi connectivity index (χ4v) is 3.96. The van der Waals surface area contributed by atoms with Gasteiger partial charge in [0.15, 0.2) is 0 Å². The number of carbonyl (C=O) groups excluding carboxylic acids is 1. The van der Waals surface area contributed by atoms with Crippen LogP contribution < -0.4 is 11.2 Å². The molecule has 3 N–H and O–H groups in total. The van der Waals surface area contributed by atoms with Crippen molar-refractivity contribution in [2.45, 2.75) is 58.5 Å². The van der Waals surface area contributed by atoms with Crippen molar-refractivity contribution in [3.8, 4) is 11.4 Å². The number of fused-ring (bicyclic) bond motifs is 1. The number of phenols is 1. The van der Waals surface area contributed by atoms with Crippen LogP contribution in [0.3, 0.4) is 0 Å². The molecule has 0 aliphatic carbocycles. The number of rotatable bonds is 2. The number of benzene rings is 2. The van der Waals surface area contributed by atoms with Gasteiger partial charge in [-0.25, -0.2) is 0 Å². The largest absolute Gasteiger partial charge is 0.508 e. The van der Waals surface area contributed by atoms with Crippen LogP contribution in [-0.2, 0) is 17.0 Å². The Kier molecular flexibility index (Phi) is 5.64. The van der Waals surface area contributed by atoms with E-state index in [1.807, 2.05) is 47.6 Å². The third-order valence-electron chi connectivity index (χ3n) is 5.59. The van der Waals surface area contributed by atoms with Gasteiger partial charge in [0.25, 0.3) is 5.91 Å². The number of halogens is 3. The Morgan fingerprint density at radius 3 is 2.00 bits per heavy atom. The Morgan fingerprint density at radius 2 is 1.52 bits per heavy atom. The van der Waals surface area contributed by atoms with Crippen LogP contribution in [0.2, 0.25) is 0 Å². The molecule has 176 valence electrons. The smallest absolute Gasteiger partial charge is 0.417 e. The number of aromatic hydroxyl groups is 1. The first-order chi connectivity index (χ1) is 14.9. The lowest BCUT2D eigenvalue weighted by Gasteiger charge is -2.29. The summed E-state index contributed by atoms with van der Waals surface area (Å²) < 4.78 is 42.7. The van der Waals surface area contributed by atoms with Crippen molar-refractivity contribution in [2.75, 3.05) is 0 Å². The van der Waals surface area contributed by atoms with E-state index in [1.54, 1.807) is 0 Å². The summed E-state index contributed by atoms with van der Waals surface area (Å²) in [5, 5.41) is 10.2. The van der Waals surface area contributed by atoms with E-state index < -0.39 is 44.9 Å². The van der Waals surface area contributed by atoms with Crippen LogP contribution in [0.5, 0.6) is 5.75 Å². The van der Waals surface area contributed by atoms with E-state index in [1.165, 1.54) is 22.8 Å². The van der Waals surface area contributed by atoms with Gasteiger partial charge in [-0.15, -0.1) is 0 Å². The van der Waals surface area contributed by atoms with Crippen molar-refractivity contribution in [1.29, 1.82) is 0 Å². The number of hydrogen-bond acceptors (Lipinski definition) is 3. The summed E-state index contributed by atoms with van der Waals surface area (Å²) in [5.74, 6) is -1.19. The Hall–Kier alpha value is -3.29. The average molecular weight is 460 g/mol. The molecule has 3 rings (SSSR count). The lowest BCUT2D eigenvalue weighted by molar-refractivity contribution is -0.136. The molecule has 0 bridgehead atoms. The number of alkyl halides is 3.